The highest BCUT2D eigenvalue weighted by Gasteiger charge is 2.22. The van der Waals surface area contributed by atoms with Crippen molar-refractivity contribution in [3.8, 4) is 0 Å². The second-order valence-corrected chi connectivity index (χ2v) is 8.59. The first-order valence-electron chi connectivity index (χ1n) is 10.8. The molecule has 160 valence electrons. The molecule has 0 amide bonds. The molecule has 6 heteroatoms. The Morgan fingerprint density at radius 3 is 1.43 bits per heavy atom. The molecule has 0 atom stereocenters. The Kier molecular flexibility index (Phi) is 6.35. The van der Waals surface area contributed by atoms with Crippen molar-refractivity contribution in [1.29, 1.82) is 0 Å². The van der Waals surface area contributed by atoms with E-state index in [1.54, 1.807) is 12.1 Å². The van der Waals surface area contributed by atoms with Crippen LogP contribution >= 0.6 is 0 Å². The van der Waals surface area contributed by atoms with Crippen molar-refractivity contribution in [2.24, 2.45) is 0 Å². The molecule has 0 bridgehead atoms. The molecule has 0 N–H and O–H groups in total. The van der Waals surface area contributed by atoms with Crippen LogP contribution in [-0.4, -0.2) is 74.2 Å². The molecule has 2 aromatic rings. The SMILES string of the molecule is CN1CCC(OC(=O)c2ccc3cc(C(=O)OC4CCN(C)CC4)ccc3c2)CC1. The van der Waals surface area contributed by atoms with Crippen LogP contribution in [0.15, 0.2) is 36.4 Å². The smallest absolute Gasteiger partial charge is 0.338 e. The Labute approximate surface area is 177 Å². The maximum Gasteiger partial charge on any atom is 0.338 e. The van der Waals surface area contributed by atoms with Gasteiger partial charge in [0.1, 0.15) is 12.2 Å². The number of fused-ring (bicyclic) bond motifs is 1. The number of carbonyl (C=O) groups is 2. The van der Waals surface area contributed by atoms with Gasteiger partial charge in [-0.05, 0) is 74.8 Å². The molecule has 2 fully saturated rings. The summed E-state index contributed by atoms with van der Waals surface area (Å²) >= 11 is 0. The third-order valence-corrected chi connectivity index (χ3v) is 6.19. The molecule has 30 heavy (non-hydrogen) atoms. The fourth-order valence-electron chi connectivity index (χ4n) is 4.14. The molecule has 0 aliphatic carbocycles. The van der Waals surface area contributed by atoms with Gasteiger partial charge in [-0.1, -0.05) is 12.1 Å². The van der Waals surface area contributed by atoms with Gasteiger partial charge in [0.25, 0.3) is 0 Å². The molecule has 2 heterocycles. The monoisotopic (exact) mass is 410 g/mol. The molecular formula is C24H30N2O4. The van der Waals surface area contributed by atoms with Gasteiger partial charge in [-0.15, -0.1) is 0 Å². The van der Waals surface area contributed by atoms with Crippen LogP contribution in [0.5, 0.6) is 0 Å². The van der Waals surface area contributed by atoms with Crippen molar-refractivity contribution >= 4 is 22.7 Å². The number of rotatable bonds is 4. The second-order valence-electron chi connectivity index (χ2n) is 8.59. The Hall–Kier alpha value is -2.44. The Morgan fingerprint density at radius 2 is 1.07 bits per heavy atom. The molecule has 0 aromatic heterocycles. The lowest BCUT2D eigenvalue weighted by Gasteiger charge is -2.28. The number of hydrogen-bond acceptors (Lipinski definition) is 6. The second kappa shape index (κ2) is 9.14. The molecular weight excluding hydrogens is 380 g/mol. The Morgan fingerprint density at radius 1 is 0.700 bits per heavy atom. The lowest BCUT2D eigenvalue weighted by atomic mass is 10.0. The summed E-state index contributed by atoms with van der Waals surface area (Å²) < 4.78 is 11.4. The summed E-state index contributed by atoms with van der Waals surface area (Å²) in [6.45, 7) is 3.80. The molecule has 0 saturated carbocycles. The van der Waals surface area contributed by atoms with Gasteiger partial charge in [-0.2, -0.15) is 0 Å². The third-order valence-electron chi connectivity index (χ3n) is 6.19. The van der Waals surface area contributed by atoms with Gasteiger partial charge < -0.3 is 19.3 Å². The highest BCUT2D eigenvalue weighted by molar-refractivity contribution is 5.99. The first-order chi connectivity index (χ1) is 14.5. The van der Waals surface area contributed by atoms with E-state index in [-0.39, 0.29) is 24.1 Å². The van der Waals surface area contributed by atoms with Gasteiger partial charge in [0.05, 0.1) is 11.1 Å². The lowest BCUT2D eigenvalue weighted by molar-refractivity contribution is 0.0131. The highest BCUT2D eigenvalue weighted by Crippen LogP contribution is 2.22. The topological polar surface area (TPSA) is 59.1 Å². The van der Waals surface area contributed by atoms with Crippen molar-refractivity contribution < 1.29 is 19.1 Å². The van der Waals surface area contributed by atoms with Crippen molar-refractivity contribution in [2.75, 3.05) is 40.3 Å². The molecule has 0 spiro atoms. The minimum Gasteiger partial charge on any atom is -0.459 e. The molecule has 0 unspecified atom stereocenters. The highest BCUT2D eigenvalue weighted by atomic mass is 16.5. The summed E-state index contributed by atoms with van der Waals surface area (Å²) in [7, 11) is 4.17. The lowest BCUT2D eigenvalue weighted by Crippen LogP contribution is -2.35. The normalized spacial score (nSPS) is 19.7. The fourth-order valence-corrected chi connectivity index (χ4v) is 4.14. The summed E-state index contributed by atoms with van der Waals surface area (Å²) in [6.07, 6.45) is 3.47. The summed E-state index contributed by atoms with van der Waals surface area (Å²) in [5.74, 6) is -0.561. The Balaban J connectivity index is 1.40. The van der Waals surface area contributed by atoms with Crippen LogP contribution in [-0.2, 0) is 9.47 Å². The molecule has 4 rings (SSSR count). The molecule has 2 aliphatic heterocycles. The van der Waals surface area contributed by atoms with Gasteiger partial charge in [-0.3, -0.25) is 0 Å². The van der Waals surface area contributed by atoms with E-state index in [1.165, 1.54) is 0 Å². The minimum absolute atomic E-state index is 0.0129. The van der Waals surface area contributed by atoms with E-state index in [4.69, 9.17) is 9.47 Å². The number of carbonyl (C=O) groups excluding carboxylic acids is 2. The minimum atomic E-state index is -0.280. The average Bonchev–Trinajstić information content (AvgIpc) is 2.76. The van der Waals surface area contributed by atoms with Gasteiger partial charge >= 0.3 is 11.9 Å². The van der Waals surface area contributed by atoms with E-state index >= 15 is 0 Å². The molecule has 0 radical (unpaired) electrons. The summed E-state index contributed by atoms with van der Waals surface area (Å²) in [4.78, 5) is 29.6. The molecule has 6 nitrogen and oxygen atoms in total. The number of piperidine rings is 2. The summed E-state index contributed by atoms with van der Waals surface area (Å²) in [5, 5.41) is 1.81. The number of nitrogens with zero attached hydrogens (tertiary/aromatic N) is 2. The van der Waals surface area contributed by atoms with Crippen LogP contribution in [0.25, 0.3) is 10.8 Å². The molecule has 2 saturated heterocycles. The van der Waals surface area contributed by atoms with E-state index in [1.807, 2.05) is 24.3 Å². The predicted molar refractivity (Wildman–Crippen MR) is 116 cm³/mol. The quantitative estimate of drug-likeness (QED) is 0.721. The number of likely N-dealkylation sites (tertiary alicyclic amines) is 2. The number of ether oxygens (including phenoxy) is 2. The maximum atomic E-state index is 12.5. The number of hydrogen-bond donors (Lipinski definition) is 0. The van der Waals surface area contributed by atoms with Crippen molar-refractivity contribution in [3.05, 3.63) is 47.5 Å². The van der Waals surface area contributed by atoms with Gasteiger partial charge in [-0.25, -0.2) is 9.59 Å². The van der Waals surface area contributed by atoms with Gasteiger partial charge in [0.2, 0.25) is 0 Å². The van der Waals surface area contributed by atoms with Crippen molar-refractivity contribution in [1.82, 2.24) is 9.80 Å². The van der Waals surface area contributed by atoms with Crippen LogP contribution < -0.4 is 0 Å². The van der Waals surface area contributed by atoms with Crippen LogP contribution in [0.4, 0.5) is 0 Å². The zero-order valence-electron chi connectivity index (χ0n) is 17.8. The number of esters is 2. The standard InChI is InChI=1S/C24H30N2O4/c1-25-11-7-21(8-12-25)29-23(27)19-5-3-18-16-20(6-4-17(18)15-19)24(28)30-22-9-13-26(2)14-10-22/h3-6,15-16,21-22H,7-14H2,1-2H3. The predicted octanol–water partition coefficient (Wildman–Crippen LogP) is 3.34. The average molecular weight is 411 g/mol. The van der Waals surface area contributed by atoms with E-state index in [0.29, 0.717) is 11.1 Å². The van der Waals surface area contributed by atoms with E-state index in [2.05, 4.69) is 23.9 Å². The summed E-state index contributed by atoms with van der Waals surface area (Å²) in [5.41, 5.74) is 1.09. The first-order valence-corrected chi connectivity index (χ1v) is 10.8. The zero-order chi connectivity index (χ0) is 21.1. The van der Waals surface area contributed by atoms with Crippen LogP contribution in [0.1, 0.15) is 46.4 Å². The van der Waals surface area contributed by atoms with Crippen molar-refractivity contribution in [3.63, 3.8) is 0 Å². The first kappa shape index (κ1) is 20.8. The summed E-state index contributed by atoms with van der Waals surface area (Å²) in [6, 6.07) is 10.9. The zero-order valence-corrected chi connectivity index (χ0v) is 17.8. The van der Waals surface area contributed by atoms with E-state index in [0.717, 1.165) is 62.6 Å². The molecule has 2 aliphatic rings. The van der Waals surface area contributed by atoms with Gasteiger partial charge in [0, 0.05) is 26.2 Å². The molecule has 2 aromatic carbocycles. The number of benzene rings is 2. The van der Waals surface area contributed by atoms with Gasteiger partial charge in [0.15, 0.2) is 0 Å². The van der Waals surface area contributed by atoms with E-state index < -0.39 is 0 Å². The van der Waals surface area contributed by atoms with Crippen LogP contribution in [0.3, 0.4) is 0 Å². The Bertz CT molecular complexity index is 837. The van der Waals surface area contributed by atoms with Crippen LogP contribution in [0, 0.1) is 0 Å². The van der Waals surface area contributed by atoms with E-state index in [9.17, 15) is 9.59 Å². The maximum absolute atomic E-state index is 12.5. The van der Waals surface area contributed by atoms with Crippen LogP contribution in [0.2, 0.25) is 0 Å². The fraction of sp³-hybridized carbons (Fsp3) is 0.500. The largest absolute Gasteiger partial charge is 0.459 e. The third kappa shape index (κ3) is 4.99. The van der Waals surface area contributed by atoms with Crippen molar-refractivity contribution in [2.45, 2.75) is 37.9 Å².